The number of aliphatic hydroxyl groups excluding tert-OH is 1. The SMILES string of the molecule is CS(=O)(=O)Nc1ccc(CCOCCCCCCN(Cc2ccccc2)CC(O)c2cc(Cl)c(N)c(Cl)c2)cc1. The van der Waals surface area contributed by atoms with Crippen LogP contribution in [-0.4, -0.2) is 51.0 Å². The number of nitrogen functional groups attached to an aromatic ring is 1. The highest BCUT2D eigenvalue weighted by molar-refractivity contribution is 7.92. The largest absolute Gasteiger partial charge is 0.396 e. The first kappa shape index (κ1) is 32.2. The number of hydrogen-bond acceptors (Lipinski definition) is 6. The molecule has 0 fully saturated rings. The third kappa shape index (κ3) is 11.6. The molecule has 218 valence electrons. The summed E-state index contributed by atoms with van der Waals surface area (Å²) in [6.07, 6.45) is 5.31. The minimum Gasteiger partial charge on any atom is -0.396 e. The number of nitrogens with two attached hydrogens (primary N) is 1. The van der Waals surface area contributed by atoms with Gasteiger partial charge in [0.15, 0.2) is 0 Å². The Morgan fingerprint density at radius 1 is 0.925 bits per heavy atom. The number of anilines is 2. The van der Waals surface area contributed by atoms with Crippen LogP contribution in [0.15, 0.2) is 66.7 Å². The van der Waals surface area contributed by atoms with Crippen LogP contribution in [-0.2, 0) is 27.7 Å². The van der Waals surface area contributed by atoms with Gasteiger partial charge in [-0.2, -0.15) is 0 Å². The fourth-order valence-electron chi connectivity index (χ4n) is 4.36. The van der Waals surface area contributed by atoms with Gasteiger partial charge in [0.25, 0.3) is 0 Å². The van der Waals surface area contributed by atoms with Crippen molar-refractivity contribution in [2.75, 3.05) is 43.0 Å². The number of halogens is 2. The van der Waals surface area contributed by atoms with Crippen LogP contribution in [0.4, 0.5) is 11.4 Å². The molecule has 7 nitrogen and oxygen atoms in total. The molecular weight excluding hydrogens is 569 g/mol. The maximum Gasteiger partial charge on any atom is 0.229 e. The maximum absolute atomic E-state index is 11.3. The van der Waals surface area contributed by atoms with Crippen molar-refractivity contribution >= 4 is 44.6 Å². The van der Waals surface area contributed by atoms with Crippen LogP contribution in [0.2, 0.25) is 10.0 Å². The molecule has 3 rings (SSSR count). The number of aliphatic hydroxyl groups is 1. The first-order valence-electron chi connectivity index (χ1n) is 13.4. The number of nitrogens with one attached hydrogen (secondary N) is 1. The molecule has 0 aliphatic carbocycles. The highest BCUT2D eigenvalue weighted by Crippen LogP contribution is 2.31. The normalized spacial score (nSPS) is 12.5. The second kappa shape index (κ2) is 16.2. The minimum absolute atomic E-state index is 0.322. The summed E-state index contributed by atoms with van der Waals surface area (Å²) in [6.45, 7) is 3.38. The van der Waals surface area contributed by atoms with Crippen molar-refractivity contribution in [2.45, 2.75) is 44.8 Å². The number of rotatable bonds is 17. The highest BCUT2D eigenvalue weighted by atomic mass is 35.5. The second-order valence-corrected chi connectivity index (χ2v) is 12.5. The predicted molar refractivity (Wildman–Crippen MR) is 165 cm³/mol. The van der Waals surface area contributed by atoms with Crippen molar-refractivity contribution in [2.24, 2.45) is 0 Å². The fourth-order valence-corrected chi connectivity index (χ4v) is 5.43. The second-order valence-electron chi connectivity index (χ2n) is 9.98. The lowest BCUT2D eigenvalue weighted by Crippen LogP contribution is -2.29. The van der Waals surface area contributed by atoms with Gasteiger partial charge in [0, 0.05) is 25.4 Å². The van der Waals surface area contributed by atoms with E-state index in [2.05, 4.69) is 21.8 Å². The zero-order valence-corrected chi connectivity index (χ0v) is 25.2. The van der Waals surface area contributed by atoms with Crippen LogP contribution in [0.3, 0.4) is 0 Å². The van der Waals surface area contributed by atoms with E-state index in [1.165, 1.54) is 5.56 Å². The van der Waals surface area contributed by atoms with E-state index in [4.69, 9.17) is 33.7 Å². The first-order valence-corrected chi connectivity index (χ1v) is 16.1. The minimum atomic E-state index is -3.27. The summed E-state index contributed by atoms with van der Waals surface area (Å²) in [5.74, 6) is 0. The Bertz CT molecular complexity index is 1270. The number of sulfonamides is 1. The van der Waals surface area contributed by atoms with Gasteiger partial charge in [-0.1, -0.05) is 78.5 Å². The van der Waals surface area contributed by atoms with E-state index in [0.29, 0.717) is 46.7 Å². The van der Waals surface area contributed by atoms with Crippen LogP contribution in [0.1, 0.15) is 48.5 Å². The Morgan fingerprint density at radius 3 is 2.23 bits per heavy atom. The molecule has 0 saturated carbocycles. The Labute approximate surface area is 248 Å². The molecule has 0 bridgehead atoms. The summed E-state index contributed by atoms with van der Waals surface area (Å²) in [4.78, 5) is 2.26. The van der Waals surface area contributed by atoms with Gasteiger partial charge < -0.3 is 15.6 Å². The van der Waals surface area contributed by atoms with E-state index in [1.807, 2.05) is 30.3 Å². The topological polar surface area (TPSA) is 105 Å². The molecule has 0 radical (unpaired) electrons. The lowest BCUT2D eigenvalue weighted by Gasteiger charge is -2.26. The average Bonchev–Trinajstić information content (AvgIpc) is 2.91. The molecule has 0 amide bonds. The Balaban J connectivity index is 1.37. The summed E-state index contributed by atoms with van der Waals surface area (Å²) >= 11 is 12.4. The van der Waals surface area contributed by atoms with Crippen LogP contribution in [0, 0.1) is 0 Å². The quantitative estimate of drug-likeness (QED) is 0.123. The van der Waals surface area contributed by atoms with Gasteiger partial charge in [0.1, 0.15) is 0 Å². The molecule has 1 unspecified atom stereocenters. The highest BCUT2D eigenvalue weighted by Gasteiger charge is 2.17. The summed E-state index contributed by atoms with van der Waals surface area (Å²) in [7, 11) is -3.27. The van der Waals surface area contributed by atoms with Gasteiger partial charge in [0.2, 0.25) is 10.0 Å². The molecule has 3 aromatic carbocycles. The molecule has 3 aromatic rings. The van der Waals surface area contributed by atoms with Crippen molar-refractivity contribution in [3.8, 4) is 0 Å². The Kier molecular flexibility index (Phi) is 13.0. The van der Waals surface area contributed by atoms with Crippen LogP contribution in [0.5, 0.6) is 0 Å². The molecule has 1 atom stereocenters. The molecule has 0 aromatic heterocycles. The van der Waals surface area contributed by atoms with Crippen molar-refractivity contribution < 1.29 is 18.3 Å². The smallest absolute Gasteiger partial charge is 0.229 e. The van der Waals surface area contributed by atoms with Gasteiger partial charge in [-0.05, 0) is 66.8 Å². The number of unbranched alkanes of at least 4 members (excludes halogenated alkanes) is 3. The summed E-state index contributed by atoms with van der Waals surface area (Å²) in [5, 5.41) is 11.6. The monoisotopic (exact) mass is 607 g/mol. The van der Waals surface area contributed by atoms with Crippen LogP contribution in [0.25, 0.3) is 0 Å². The summed E-state index contributed by atoms with van der Waals surface area (Å²) < 4.78 is 30.9. The van der Waals surface area contributed by atoms with Gasteiger partial charge in [-0.15, -0.1) is 0 Å². The Morgan fingerprint density at radius 2 is 1.57 bits per heavy atom. The van der Waals surface area contributed by atoms with E-state index in [1.54, 1.807) is 24.3 Å². The predicted octanol–water partition coefficient (Wildman–Crippen LogP) is 6.30. The molecule has 40 heavy (non-hydrogen) atoms. The summed E-state index contributed by atoms with van der Waals surface area (Å²) in [6, 6.07) is 20.9. The van der Waals surface area contributed by atoms with E-state index in [-0.39, 0.29) is 0 Å². The van der Waals surface area contributed by atoms with Crippen molar-refractivity contribution in [1.29, 1.82) is 0 Å². The maximum atomic E-state index is 11.3. The first-order chi connectivity index (χ1) is 19.1. The third-order valence-electron chi connectivity index (χ3n) is 6.47. The van der Waals surface area contributed by atoms with E-state index in [9.17, 15) is 13.5 Å². The van der Waals surface area contributed by atoms with Crippen molar-refractivity contribution in [3.05, 3.63) is 93.5 Å². The number of ether oxygens (including phenoxy) is 1. The summed E-state index contributed by atoms with van der Waals surface area (Å²) in [5.41, 5.74) is 9.68. The van der Waals surface area contributed by atoms with E-state index < -0.39 is 16.1 Å². The molecule has 0 spiro atoms. The molecule has 0 heterocycles. The third-order valence-corrected chi connectivity index (χ3v) is 7.70. The standard InChI is InChI=1S/C30H39Cl2N3O4S/c1-40(37,38)34-26-13-11-23(12-14-26)15-18-39-17-8-3-2-7-16-35(21-24-9-5-4-6-10-24)22-29(36)25-19-27(31)30(33)28(32)20-25/h4-6,9-14,19-20,29,34,36H,2-3,7-8,15-18,21-22,33H2,1H3. The van der Waals surface area contributed by atoms with Crippen LogP contribution < -0.4 is 10.5 Å². The van der Waals surface area contributed by atoms with Gasteiger partial charge >= 0.3 is 0 Å². The molecule has 0 aliphatic rings. The molecular formula is C30H39Cl2N3O4S. The van der Waals surface area contributed by atoms with Gasteiger partial charge in [-0.25, -0.2) is 8.42 Å². The number of nitrogens with zero attached hydrogens (tertiary/aromatic N) is 1. The molecule has 0 saturated heterocycles. The fraction of sp³-hybridized carbons (Fsp3) is 0.400. The van der Waals surface area contributed by atoms with Crippen LogP contribution >= 0.6 is 23.2 Å². The Hall–Kier alpha value is -2.33. The van der Waals surface area contributed by atoms with Crippen molar-refractivity contribution in [3.63, 3.8) is 0 Å². The van der Waals surface area contributed by atoms with Gasteiger partial charge in [-0.3, -0.25) is 9.62 Å². The van der Waals surface area contributed by atoms with Crippen molar-refractivity contribution in [1.82, 2.24) is 4.90 Å². The van der Waals surface area contributed by atoms with Gasteiger partial charge in [0.05, 0.1) is 34.7 Å². The number of hydrogen-bond donors (Lipinski definition) is 3. The molecule has 10 heteroatoms. The lowest BCUT2D eigenvalue weighted by atomic mass is 10.1. The van der Waals surface area contributed by atoms with E-state index >= 15 is 0 Å². The zero-order valence-electron chi connectivity index (χ0n) is 22.9. The number of benzene rings is 3. The average molecular weight is 609 g/mol. The molecule has 4 N–H and O–H groups in total. The van der Waals surface area contributed by atoms with E-state index in [0.717, 1.165) is 57.0 Å². The molecule has 0 aliphatic heterocycles. The lowest BCUT2D eigenvalue weighted by molar-refractivity contribution is 0.107. The zero-order chi connectivity index (χ0) is 29.0.